The number of anilines is 1. The summed E-state index contributed by atoms with van der Waals surface area (Å²) < 4.78 is 28.1. The number of methoxy groups -OCH3 is 1. The van der Waals surface area contributed by atoms with Gasteiger partial charge in [0.1, 0.15) is 15.6 Å². The Morgan fingerprint density at radius 3 is 2.57 bits per heavy atom. The first kappa shape index (κ1) is 15.6. The van der Waals surface area contributed by atoms with E-state index in [1.165, 1.54) is 6.26 Å². The molecule has 116 valence electrons. The van der Waals surface area contributed by atoms with Crippen LogP contribution in [0.25, 0.3) is 0 Å². The van der Waals surface area contributed by atoms with Gasteiger partial charge in [0.2, 0.25) is 0 Å². The number of nitrogens with one attached hydrogen (secondary N) is 1. The molecule has 0 unspecified atom stereocenters. The first-order valence-electron chi connectivity index (χ1n) is 6.79. The van der Waals surface area contributed by atoms with Crippen molar-refractivity contribution in [1.82, 2.24) is 4.90 Å². The summed E-state index contributed by atoms with van der Waals surface area (Å²) in [7, 11) is -1.45. The summed E-state index contributed by atoms with van der Waals surface area (Å²) in [4.78, 5) is 13.8. The zero-order valence-electron chi connectivity index (χ0n) is 12.2. The van der Waals surface area contributed by atoms with Crippen LogP contribution in [0.4, 0.5) is 10.5 Å². The highest BCUT2D eigenvalue weighted by atomic mass is 32.2. The molecule has 0 spiro atoms. The van der Waals surface area contributed by atoms with Crippen LogP contribution in [0.15, 0.2) is 24.3 Å². The van der Waals surface area contributed by atoms with Gasteiger partial charge >= 0.3 is 6.03 Å². The van der Waals surface area contributed by atoms with Crippen molar-refractivity contribution in [2.45, 2.75) is 18.1 Å². The van der Waals surface area contributed by atoms with Crippen molar-refractivity contribution < 1.29 is 17.9 Å². The molecule has 1 fully saturated rings. The van der Waals surface area contributed by atoms with Gasteiger partial charge in [0.05, 0.1) is 12.4 Å². The van der Waals surface area contributed by atoms with E-state index in [2.05, 4.69) is 5.32 Å². The number of likely N-dealkylation sites (tertiary alicyclic amines) is 1. The van der Waals surface area contributed by atoms with Crippen LogP contribution >= 0.6 is 0 Å². The molecule has 6 nitrogen and oxygen atoms in total. The fourth-order valence-corrected chi connectivity index (χ4v) is 3.46. The molecule has 1 aromatic rings. The SMILES string of the molecule is COc1cccc(NC(=O)N2CCC(S(C)(=O)=O)CC2)c1. The van der Waals surface area contributed by atoms with Gasteiger partial charge in [-0.3, -0.25) is 0 Å². The number of hydrogen-bond donors (Lipinski definition) is 1. The molecule has 21 heavy (non-hydrogen) atoms. The quantitative estimate of drug-likeness (QED) is 0.922. The Kier molecular flexibility index (Phi) is 4.72. The second-order valence-corrected chi connectivity index (χ2v) is 7.50. The van der Waals surface area contributed by atoms with Gasteiger partial charge in [0, 0.05) is 31.1 Å². The zero-order valence-corrected chi connectivity index (χ0v) is 13.0. The molecule has 0 aromatic heterocycles. The third-order valence-electron chi connectivity index (χ3n) is 3.66. The summed E-state index contributed by atoms with van der Waals surface area (Å²) in [5, 5.41) is 2.46. The number of carbonyl (C=O) groups excluding carboxylic acids is 1. The molecule has 1 aromatic carbocycles. The Morgan fingerprint density at radius 1 is 1.33 bits per heavy atom. The van der Waals surface area contributed by atoms with E-state index >= 15 is 0 Å². The fourth-order valence-electron chi connectivity index (χ4n) is 2.39. The van der Waals surface area contributed by atoms with Crippen molar-refractivity contribution in [3.63, 3.8) is 0 Å². The lowest BCUT2D eigenvalue weighted by molar-refractivity contribution is 0.200. The second kappa shape index (κ2) is 6.34. The topological polar surface area (TPSA) is 75.7 Å². The number of piperidine rings is 1. The maximum atomic E-state index is 12.1. The summed E-state index contributed by atoms with van der Waals surface area (Å²) in [6.07, 6.45) is 2.23. The van der Waals surface area contributed by atoms with Gasteiger partial charge in [0.15, 0.2) is 0 Å². The van der Waals surface area contributed by atoms with Gasteiger partial charge in [0.25, 0.3) is 0 Å². The fraction of sp³-hybridized carbons (Fsp3) is 0.500. The molecule has 2 amide bonds. The molecular formula is C14H20N2O4S. The van der Waals surface area contributed by atoms with E-state index < -0.39 is 9.84 Å². The van der Waals surface area contributed by atoms with Gasteiger partial charge in [-0.1, -0.05) is 6.07 Å². The molecule has 1 N–H and O–H groups in total. The van der Waals surface area contributed by atoms with Crippen LogP contribution in [0.2, 0.25) is 0 Å². The van der Waals surface area contributed by atoms with Crippen LogP contribution in [0.5, 0.6) is 5.75 Å². The number of hydrogen-bond acceptors (Lipinski definition) is 4. The minimum absolute atomic E-state index is 0.213. The maximum Gasteiger partial charge on any atom is 0.321 e. The van der Waals surface area contributed by atoms with Crippen LogP contribution in [-0.4, -0.2) is 51.1 Å². The van der Waals surface area contributed by atoms with Gasteiger partial charge in [-0.25, -0.2) is 13.2 Å². The van der Waals surface area contributed by atoms with E-state index in [0.717, 1.165) is 0 Å². The molecule has 1 aliphatic rings. The molecule has 1 aliphatic heterocycles. The minimum atomic E-state index is -3.02. The van der Waals surface area contributed by atoms with E-state index in [0.29, 0.717) is 37.4 Å². The molecule has 1 saturated heterocycles. The number of nitrogens with zero attached hydrogens (tertiary/aromatic N) is 1. The Balaban J connectivity index is 1.93. The van der Waals surface area contributed by atoms with Crippen molar-refractivity contribution in [1.29, 1.82) is 0 Å². The Labute approximate surface area is 125 Å². The van der Waals surface area contributed by atoms with Gasteiger partial charge in [-0.2, -0.15) is 0 Å². The molecule has 7 heteroatoms. The van der Waals surface area contributed by atoms with Gasteiger partial charge in [-0.15, -0.1) is 0 Å². The predicted octanol–water partition coefficient (Wildman–Crippen LogP) is 1.74. The highest BCUT2D eigenvalue weighted by molar-refractivity contribution is 7.91. The Bertz CT molecular complexity index is 607. The first-order valence-corrected chi connectivity index (χ1v) is 8.74. The van der Waals surface area contributed by atoms with E-state index in [-0.39, 0.29) is 11.3 Å². The number of benzene rings is 1. The third-order valence-corrected chi connectivity index (χ3v) is 5.34. The predicted molar refractivity (Wildman–Crippen MR) is 81.5 cm³/mol. The lowest BCUT2D eigenvalue weighted by Gasteiger charge is -2.31. The molecular weight excluding hydrogens is 292 g/mol. The lowest BCUT2D eigenvalue weighted by Crippen LogP contribution is -2.44. The molecule has 0 atom stereocenters. The largest absolute Gasteiger partial charge is 0.497 e. The van der Waals surface area contributed by atoms with Gasteiger partial charge < -0.3 is 15.0 Å². The molecule has 0 bridgehead atoms. The van der Waals surface area contributed by atoms with Crippen molar-refractivity contribution in [2.24, 2.45) is 0 Å². The smallest absolute Gasteiger partial charge is 0.321 e. The first-order chi connectivity index (χ1) is 9.90. The van der Waals surface area contributed by atoms with E-state index in [4.69, 9.17) is 4.74 Å². The monoisotopic (exact) mass is 312 g/mol. The van der Waals surface area contributed by atoms with Crippen LogP contribution < -0.4 is 10.1 Å². The van der Waals surface area contributed by atoms with E-state index in [9.17, 15) is 13.2 Å². The molecule has 2 rings (SSSR count). The number of rotatable bonds is 3. The number of carbonyl (C=O) groups is 1. The standard InChI is InChI=1S/C14H20N2O4S/c1-20-12-5-3-4-11(10-12)15-14(17)16-8-6-13(7-9-16)21(2,18)19/h3-5,10,13H,6-9H2,1-2H3,(H,15,17). The molecule has 0 saturated carbocycles. The summed E-state index contributed by atoms with van der Waals surface area (Å²) in [6, 6.07) is 6.90. The number of urea groups is 1. The summed E-state index contributed by atoms with van der Waals surface area (Å²) in [5.41, 5.74) is 0.657. The average Bonchev–Trinajstić information content (AvgIpc) is 2.46. The molecule has 0 radical (unpaired) electrons. The zero-order chi connectivity index (χ0) is 15.5. The number of sulfone groups is 1. The van der Waals surface area contributed by atoms with Crippen molar-refractivity contribution in [3.05, 3.63) is 24.3 Å². The maximum absolute atomic E-state index is 12.1. The highest BCUT2D eigenvalue weighted by Crippen LogP contribution is 2.20. The Hall–Kier alpha value is -1.76. The summed E-state index contributed by atoms with van der Waals surface area (Å²) >= 11 is 0. The van der Waals surface area contributed by atoms with Crippen LogP contribution in [0, 0.1) is 0 Å². The summed E-state index contributed by atoms with van der Waals surface area (Å²) in [6.45, 7) is 0.904. The van der Waals surface area contributed by atoms with Crippen LogP contribution in [0.1, 0.15) is 12.8 Å². The van der Waals surface area contributed by atoms with E-state index in [1.807, 2.05) is 0 Å². The number of amides is 2. The second-order valence-electron chi connectivity index (χ2n) is 5.18. The Morgan fingerprint density at radius 2 is 2.00 bits per heavy atom. The van der Waals surface area contributed by atoms with Crippen LogP contribution in [0.3, 0.4) is 0 Å². The average molecular weight is 312 g/mol. The van der Waals surface area contributed by atoms with Crippen molar-refractivity contribution in [2.75, 3.05) is 31.8 Å². The van der Waals surface area contributed by atoms with Crippen molar-refractivity contribution >= 4 is 21.6 Å². The van der Waals surface area contributed by atoms with Crippen molar-refractivity contribution in [3.8, 4) is 5.75 Å². The normalized spacial score (nSPS) is 16.6. The van der Waals surface area contributed by atoms with Gasteiger partial charge in [-0.05, 0) is 25.0 Å². The van der Waals surface area contributed by atoms with Crippen LogP contribution in [-0.2, 0) is 9.84 Å². The highest BCUT2D eigenvalue weighted by Gasteiger charge is 2.28. The number of ether oxygens (including phenoxy) is 1. The lowest BCUT2D eigenvalue weighted by atomic mass is 10.1. The van der Waals surface area contributed by atoms with E-state index in [1.54, 1.807) is 36.3 Å². The molecule has 0 aliphatic carbocycles. The third kappa shape index (κ3) is 4.10. The summed E-state index contributed by atoms with van der Waals surface area (Å²) in [5.74, 6) is 0.670. The minimum Gasteiger partial charge on any atom is -0.497 e. The molecule has 1 heterocycles.